The van der Waals surface area contributed by atoms with E-state index < -0.39 is 4.92 Å². The summed E-state index contributed by atoms with van der Waals surface area (Å²) in [7, 11) is 0. The Morgan fingerprint density at radius 1 is 1.48 bits per heavy atom. The van der Waals surface area contributed by atoms with Crippen molar-refractivity contribution < 1.29 is 9.66 Å². The zero-order chi connectivity index (χ0) is 15.2. The molecule has 1 aliphatic heterocycles. The first-order chi connectivity index (χ1) is 10.1. The van der Waals surface area contributed by atoms with Gasteiger partial charge >= 0.3 is 5.69 Å². The van der Waals surface area contributed by atoms with Crippen LogP contribution in [0, 0.1) is 10.1 Å². The highest BCUT2D eigenvalue weighted by molar-refractivity contribution is 7.99. The molecule has 0 amide bonds. The number of benzene rings is 1. The molecule has 116 valence electrons. The van der Waals surface area contributed by atoms with Crippen molar-refractivity contribution in [1.82, 2.24) is 0 Å². The molecule has 1 heterocycles. The van der Waals surface area contributed by atoms with Gasteiger partial charge in [-0.1, -0.05) is 6.42 Å². The molecule has 5 nitrogen and oxygen atoms in total. The van der Waals surface area contributed by atoms with Gasteiger partial charge in [0.15, 0.2) is 5.75 Å². The molecule has 1 aromatic rings. The molecule has 1 N–H and O–H groups in total. The van der Waals surface area contributed by atoms with E-state index in [1.54, 1.807) is 12.1 Å². The highest BCUT2D eigenvalue weighted by Gasteiger charge is 2.18. The minimum absolute atomic E-state index is 0.0151. The number of ether oxygens (including phenoxy) is 1. The molecule has 1 atom stereocenters. The Hall–Kier alpha value is -1.43. The molecule has 0 spiro atoms. The fourth-order valence-corrected chi connectivity index (χ4v) is 3.56. The molecular weight excluding hydrogens is 288 g/mol. The molecule has 0 saturated carbocycles. The summed E-state index contributed by atoms with van der Waals surface area (Å²) in [4.78, 5) is 10.6. The summed E-state index contributed by atoms with van der Waals surface area (Å²) in [6.07, 6.45) is 3.75. The molecule has 21 heavy (non-hydrogen) atoms. The maximum Gasteiger partial charge on any atom is 0.311 e. The minimum atomic E-state index is -0.404. The first kappa shape index (κ1) is 15.9. The van der Waals surface area contributed by atoms with E-state index in [2.05, 4.69) is 5.32 Å². The van der Waals surface area contributed by atoms with Gasteiger partial charge in [-0.15, -0.1) is 0 Å². The summed E-state index contributed by atoms with van der Waals surface area (Å²) in [5.41, 5.74) is 0.892. The third-order valence-electron chi connectivity index (χ3n) is 3.33. The highest BCUT2D eigenvalue weighted by atomic mass is 32.2. The first-order valence-corrected chi connectivity index (χ1v) is 8.41. The van der Waals surface area contributed by atoms with Crippen LogP contribution in [-0.2, 0) is 0 Å². The average Bonchev–Trinajstić information content (AvgIpc) is 2.45. The molecule has 1 aromatic carbocycles. The number of nitro groups is 1. The van der Waals surface area contributed by atoms with Crippen LogP contribution in [0.4, 0.5) is 11.4 Å². The van der Waals surface area contributed by atoms with Crippen molar-refractivity contribution >= 4 is 23.1 Å². The molecule has 1 saturated heterocycles. The summed E-state index contributed by atoms with van der Waals surface area (Å²) in [5, 5.41) is 15.0. The predicted molar refractivity (Wildman–Crippen MR) is 87.4 cm³/mol. The maximum atomic E-state index is 11.0. The standard InChI is InChI=1S/C15H22N2O3S/c1-11(2)20-15-9-12(6-7-14(15)17(18)19)16-10-13-5-3-4-8-21-13/h6-7,9,11,13,16H,3-5,8,10H2,1-2H3. The lowest BCUT2D eigenvalue weighted by atomic mass is 10.2. The van der Waals surface area contributed by atoms with Crippen LogP contribution in [-0.4, -0.2) is 28.6 Å². The Balaban J connectivity index is 2.03. The van der Waals surface area contributed by atoms with E-state index >= 15 is 0 Å². The third kappa shape index (κ3) is 4.81. The Morgan fingerprint density at radius 2 is 2.29 bits per heavy atom. The fourth-order valence-electron chi connectivity index (χ4n) is 2.32. The zero-order valence-electron chi connectivity index (χ0n) is 12.5. The molecule has 0 radical (unpaired) electrons. The van der Waals surface area contributed by atoms with Gasteiger partial charge in [-0.25, -0.2) is 0 Å². The van der Waals surface area contributed by atoms with E-state index in [1.165, 1.54) is 31.1 Å². The van der Waals surface area contributed by atoms with E-state index in [0.29, 0.717) is 11.0 Å². The van der Waals surface area contributed by atoms with Crippen LogP contribution < -0.4 is 10.1 Å². The quantitative estimate of drug-likeness (QED) is 0.633. The van der Waals surface area contributed by atoms with E-state index in [-0.39, 0.29) is 11.8 Å². The van der Waals surface area contributed by atoms with Gasteiger partial charge in [0.25, 0.3) is 0 Å². The van der Waals surface area contributed by atoms with Gasteiger partial charge in [-0.05, 0) is 38.5 Å². The normalized spacial score (nSPS) is 18.5. The van der Waals surface area contributed by atoms with Gasteiger partial charge in [0.2, 0.25) is 0 Å². The lowest BCUT2D eigenvalue weighted by Crippen LogP contribution is -2.20. The molecule has 0 aliphatic carbocycles. The van der Waals surface area contributed by atoms with Crippen molar-refractivity contribution in [2.45, 2.75) is 44.5 Å². The number of rotatable bonds is 6. The van der Waals surface area contributed by atoms with Crippen molar-refractivity contribution in [2.24, 2.45) is 0 Å². The van der Waals surface area contributed by atoms with Crippen LogP contribution in [0.5, 0.6) is 5.75 Å². The van der Waals surface area contributed by atoms with Crippen molar-refractivity contribution in [1.29, 1.82) is 0 Å². The lowest BCUT2D eigenvalue weighted by Gasteiger charge is -2.22. The van der Waals surface area contributed by atoms with Crippen molar-refractivity contribution in [3.05, 3.63) is 28.3 Å². The Kier molecular flexibility index (Phi) is 5.73. The van der Waals surface area contributed by atoms with Gasteiger partial charge in [0.1, 0.15) is 0 Å². The van der Waals surface area contributed by atoms with Crippen molar-refractivity contribution in [2.75, 3.05) is 17.6 Å². The summed E-state index contributed by atoms with van der Waals surface area (Å²) < 4.78 is 5.55. The molecule has 0 aromatic heterocycles. The topological polar surface area (TPSA) is 64.4 Å². The number of nitrogens with one attached hydrogen (secondary N) is 1. The Bertz CT molecular complexity index is 488. The van der Waals surface area contributed by atoms with Crippen LogP contribution in [0.1, 0.15) is 33.1 Å². The zero-order valence-corrected chi connectivity index (χ0v) is 13.3. The summed E-state index contributed by atoms with van der Waals surface area (Å²) in [5.74, 6) is 1.56. The van der Waals surface area contributed by atoms with Gasteiger partial charge < -0.3 is 10.1 Å². The SMILES string of the molecule is CC(C)Oc1cc(NCC2CCCCS2)ccc1[N+](=O)[O-]. The summed E-state index contributed by atoms with van der Waals surface area (Å²) in [6.45, 7) is 4.62. The number of nitro benzene ring substituents is 1. The molecular formula is C15H22N2O3S. The Morgan fingerprint density at radius 3 is 2.90 bits per heavy atom. The smallest absolute Gasteiger partial charge is 0.311 e. The predicted octanol–water partition coefficient (Wildman–Crippen LogP) is 4.08. The first-order valence-electron chi connectivity index (χ1n) is 7.37. The molecule has 1 fully saturated rings. The second-order valence-corrected chi connectivity index (χ2v) is 6.88. The number of nitrogens with zero attached hydrogens (tertiary/aromatic N) is 1. The third-order valence-corrected chi connectivity index (χ3v) is 4.73. The van der Waals surface area contributed by atoms with E-state index in [0.717, 1.165) is 12.2 Å². The second kappa shape index (κ2) is 7.54. The summed E-state index contributed by atoms with van der Waals surface area (Å²) >= 11 is 2.00. The van der Waals surface area contributed by atoms with Crippen molar-refractivity contribution in [3.63, 3.8) is 0 Å². The molecule has 1 unspecified atom stereocenters. The van der Waals surface area contributed by atoms with Crippen LogP contribution in [0.3, 0.4) is 0 Å². The molecule has 1 aliphatic rings. The summed E-state index contributed by atoms with van der Waals surface area (Å²) in [6, 6.07) is 4.98. The van der Waals surface area contributed by atoms with Crippen LogP contribution in [0.2, 0.25) is 0 Å². The molecule has 2 rings (SSSR count). The number of hydrogen-bond donors (Lipinski definition) is 1. The van der Waals surface area contributed by atoms with E-state index in [1.807, 2.05) is 25.6 Å². The molecule has 0 bridgehead atoms. The van der Waals surface area contributed by atoms with E-state index in [9.17, 15) is 10.1 Å². The van der Waals surface area contributed by atoms with Gasteiger partial charge in [0, 0.05) is 29.6 Å². The number of thioether (sulfide) groups is 1. The monoisotopic (exact) mass is 310 g/mol. The fraction of sp³-hybridized carbons (Fsp3) is 0.600. The van der Waals surface area contributed by atoms with Gasteiger partial charge in [-0.3, -0.25) is 10.1 Å². The van der Waals surface area contributed by atoms with E-state index in [4.69, 9.17) is 4.74 Å². The largest absolute Gasteiger partial charge is 0.484 e. The maximum absolute atomic E-state index is 11.0. The van der Waals surface area contributed by atoms with Crippen LogP contribution >= 0.6 is 11.8 Å². The lowest BCUT2D eigenvalue weighted by molar-refractivity contribution is -0.386. The van der Waals surface area contributed by atoms with Crippen LogP contribution in [0.25, 0.3) is 0 Å². The highest BCUT2D eigenvalue weighted by Crippen LogP contribution is 2.31. The minimum Gasteiger partial charge on any atom is -0.484 e. The Labute approximate surface area is 129 Å². The van der Waals surface area contributed by atoms with Gasteiger partial charge in [-0.2, -0.15) is 11.8 Å². The molecule has 6 heteroatoms. The number of hydrogen-bond acceptors (Lipinski definition) is 5. The average molecular weight is 310 g/mol. The van der Waals surface area contributed by atoms with Crippen LogP contribution in [0.15, 0.2) is 18.2 Å². The number of anilines is 1. The van der Waals surface area contributed by atoms with Gasteiger partial charge in [0.05, 0.1) is 11.0 Å². The second-order valence-electron chi connectivity index (χ2n) is 5.48. The van der Waals surface area contributed by atoms with Crippen molar-refractivity contribution in [3.8, 4) is 5.75 Å².